The van der Waals surface area contributed by atoms with Crippen LogP contribution in [-0.4, -0.2) is 24.4 Å². The van der Waals surface area contributed by atoms with Gasteiger partial charge in [0.1, 0.15) is 5.75 Å². The molecule has 1 saturated carbocycles. The zero-order chi connectivity index (χ0) is 24.7. The average molecular weight is 465 g/mol. The third kappa shape index (κ3) is 7.90. The highest BCUT2D eigenvalue weighted by Crippen LogP contribution is 2.39. The summed E-state index contributed by atoms with van der Waals surface area (Å²) in [7, 11) is 0. The lowest BCUT2D eigenvalue weighted by Crippen LogP contribution is -2.30. The molecule has 0 aliphatic heterocycles. The first kappa shape index (κ1) is 26.3. The number of nitrogens with zero attached hydrogens (tertiary/aromatic N) is 3. The van der Waals surface area contributed by atoms with Crippen molar-refractivity contribution in [2.75, 3.05) is 6.54 Å². The first-order chi connectivity index (χ1) is 16.1. The summed E-state index contributed by atoms with van der Waals surface area (Å²) in [6.07, 6.45) is 5.19. The quantitative estimate of drug-likeness (QED) is 0.234. The number of nitrogens with one attached hydrogen (secondary N) is 1. The summed E-state index contributed by atoms with van der Waals surface area (Å²) in [6, 6.07) is 13.3. The van der Waals surface area contributed by atoms with Gasteiger partial charge in [-0.25, -0.2) is 0 Å². The molecule has 1 unspecified atom stereocenters. The van der Waals surface area contributed by atoms with Gasteiger partial charge in [-0.2, -0.15) is 5.11 Å². The predicted octanol–water partition coefficient (Wildman–Crippen LogP) is 7.79. The predicted molar refractivity (Wildman–Crippen MR) is 144 cm³/mol. The maximum Gasteiger partial charge on any atom is 0.120 e. The van der Waals surface area contributed by atoms with Gasteiger partial charge in [-0.15, -0.1) is 5.10 Å². The van der Waals surface area contributed by atoms with Crippen LogP contribution in [0.3, 0.4) is 0 Å². The van der Waals surface area contributed by atoms with Gasteiger partial charge in [0, 0.05) is 13.1 Å². The minimum atomic E-state index is 0.191. The molecular weight excluding hydrogens is 420 g/mol. The molecule has 5 heteroatoms. The fourth-order valence-corrected chi connectivity index (χ4v) is 4.44. The highest BCUT2D eigenvalue weighted by molar-refractivity contribution is 5.85. The molecule has 1 atom stereocenters. The Bertz CT molecular complexity index is 981. The van der Waals surface area contributed by atoms with E-state index in [2.05, 4.69) is 98.7 Å². The molecule has 0 aromatic heterocycles. The van der Waals surface area contributed by atoms with Crippen LogP contribution in [0.5, 0.6) is 5.75 Å². The van der Waals surface area contributed by atoms with Gasteiger partial charge in [-0.05, 0) is 96.5 Å². The van der Waals surface area contributed by atoms with Crippen LogP contribution in [0.2, 0.25) is 0 Å². The van der Waals surface area contributed by atoms with Gasteiger partial charge >= 0.3 is 0 Å². The van der Waals surface area contributed by atoms with E-state index in [0.29, 0.717) is 24.0 Å². The first-order valence-corrected chi connectivity index (χ1v) is 12.9. The van der Waals surface area contributed by atoms with Crippen molar-refractivity contribution in [2.24, 2.45) is 32.7 Å². The van der Waals surface area contributed by atoms with Gasteiger partial charge in [0.2, 0.25) is 0 Å². The van der Waals surface area contributed by atoms with Gasteiger partial charge in [0.25, 0.3) is 0 Å². The second-order valence-corrected chi connectivity index (χ2v) is 11.4. The Morgan fingerprint density at radius 3 is 2.35 bits per heavy atom. The number of ether oxygens (including phenoxy) is 1. The lowest BCUT2D eigenvalue weighted by atomic mass is 9.72. The topological polar surface area (TPSA) is 58.3 Å². The van der Waals surface area contributed by atoms with Gasteiger partial charge in [0.05, 0.1) is 17.9 Å². The molecule has 1 fully saturated rings. The van der Waals surface area contributed by atoms with E-state index in [4.69, 9.17) is 4.74 Å². The van der Waals surface area contributed by atoms with Crippen LogP contribution in [0, 0.1) is 17.3 Å². The smallest absolute Gasteiger partial charge is 0.120 e. The molecule has 34 heavy (non-hydrogen) atoms. The van der Waals surface area contributed by atoms with Gasteiger partial charge in [-0.3, -0.25) is 0 Å². The van der Waals surface area contributed by atoms with E-state index in [0.717, 1.165) is 36.8 Å². The van der Waals surface area contributed by atoms with E-state index < -0.39 is 0 Å². The van der Waals surface area contributed by atoms with Crippen LogP contribution >= 0.6 is 0 Å². The third-order valence-electron chi connectivity index (χ3n) is 7.20. The van der Waals surface area contributed by atoms with Crippen molar-refractivity contribution in [3.8, 4) is 5.75 Å². The van der Waals surface area contributed by atoms with E-state index >= 15 is 0 Å². The number of hydrogen-bond donors (Lipinski definition) is 1. The van der Waals surface area contributed by atoms with Crippen molar-refractivity contribution in [1.82, 2.24) is 5.32 Å². The Labute approximate surface area is 206 Å². The Morgan fingerprint density at radius 2 is 1.68 bits per heavy atom. The summed E-state index contributed by atoms with van der Waals surface area (Å²) in [5.74, 6) is 2.27. The first-order valence-electron chi connectivity index (χ1n) is 12.9. The molecule has 0 heterocycles. The van der Waals surface area contributed by atoms with Crippen molar-refractivity contribution >= 4 is 16.5 Å². The van der Waals surface area contributed by atoms with Gasteiger partial charge < -0.3 is 10.1 Å². The monoisotopic (exact) mass is 464 g/mol. The molecule has 1 N–H and O–H groups in total. The summed E-state index contributed by atoms with van der Waals surface area (Å²) in [4.78, 5) is 0. The number of rotatable bonds is 9. The van der Waals surface area contributed by atoms with Crippen LogP contribution < -0.4 is 10.1 Å². The normalized spacial score (nSPS) is 20.9. The van der Waals surface area contributed by atoms with E-state index in [1.165, 1.54) is 29.2 Å². The highest BCUT2D eigenvalue weighted by Gasteiger charge is 2.30. The van der Waals surface area contributed by atoms with E-state index in [1.54, 1.807) is 0 Å². The molecule has 0 spiro atoms. The van der Waals surface area contributed by atoms with E-state index in [-0.39, 0.29) is 6.04 Å². The van der Waals surface area contributed by atoms with Crippen molar-refractivity contribution in [3.05, 3.63) is 42.0 Å². The fraction of sp³-hybridized carbons (Fsp3) is 0.621. The molecule has 5 nitrogen and oxygen atoms in total. The molecule has 0 radical (unpaired) electrons. The second kappa shape index (κ2) is 11.9. The molecule has 1 aliphatic carbocycles. The molecule has 0 saturated heterocycles. The van der Waals surface area contributed by atoms with Crippen LogP contribution in [0.25, 0.3) is 10.8 Å². The van der Waals surface area contributed by atoms with Crippen molar-refractivity contribution in [3.63, 3.8) is 0 Å². The lowest BCUT2D eigenvalue weighted by Gasteiger charge is -2.37. The molecule has 3 rings (SSSR count). The Morgan fingerprint density at radius 1 is 1.00 bits per heavy atom. The van der Waals surface area contributed by atoms with Crippen LogP contribution in [0.1, 0.15) is 79.7 Å². The molecule has 186 valence electrons. The van der Waals surface area contributed by atoms with Crippen molar-refractivity contribution in [2.45, 2.75) is 92.8 Å². The maximum absolute atomic E-state index is 6.36. The molecule has 0 amide bonds. The number of fused-ring (bicyclic) bond motifs is 1. The van der Waals surface area contributed by atoms with Gasteiger partial charge in [0.15, 0.2) is 0 Å². The van der Waals surface area contributed by atoms with Crippen LogP contribution in [-0.2, 0) is 6.54 Å². The van der Waals surface area contributed by atoms with E-state index in [1.807, 2.05) is 6.92 Å². The maximum atomic E-state index is 6.36. The summed E-state index contributed by atoms with van der Waals surface area (Å²) >= 11 is 0. The molecule has 1 aliphatic rings. The molecule has 2 aromatic carbocycles. The summed E-state index contributed by atoms with van der Waals surface area (Å²) in [6.45, 7) is 16.9. The zero-order valence-electron chi connectivity index (χ0n) is 22.3. The Balaban J connectivity index is 1.50. The molecule has 0 bridgehead atoms. The largest absolute Gasteiger partial charge is 0.490 e. The second-order valence-electron chi connectivity index (χ2n) is 11.4. The minimum Gasteiger partial charge on any atom is -0.490 e. The standard InChI is InChI=1S/C29H44N4O/c1-20(2)22(4)32-33-31-21(3)18-30-19-23-8-9-25-17-28(13-10-24(25)16-23)34-27-14-11-26(12-15-27)29(5,6)7/h8-10,13,16-17,20,22,26-27,30H,11-12,14-15,18-19H2,1-7H3. The summed E-state index contributed by atoms with van der Waals surface area (Å²) in [5, 5.41) is 18.3. The Hall–Kier alpha value is -2.27. The van der Waals surface area contributed by atoms with Crippen LogP contribution in [0.15, 0.2) is 51.8 Å². The molecular formula is C29H44N4O. The fourth-order valence-electron chi connectivity index (χ4n) is 4.44. The number of benzene rings is 2. The minimum absolute atomic E-state index is 0.191. The SMILES string of the molecule is CC(CNCc1ccc2cc(OC3CCC(C(C)(C)C)CC3)ccc2c1)=NN=NC(C)C(C)C. The van der Waals surface area contributed by atoms with Gasteiger partial charge in [-0.1, -0.05) is 52.8 Å². The summed E-state index contributed by atoms with van der Waals surface area (Å²) in [5.41, 5.74) is 2.59. The van der Waals surface area contributed by atoms with Crippen LogP contribution in [0.4, 0.5) is 0 Å². The van der Waals surface area contributed by atoms with Crippen molar-refractivity contribution in [1.29, 1.82) is 0 Å². The average Bonchev–Trinajstić information content (AvgIpc) is 2.78. The summed E-state index contributed by atoms with van der Waals surface area (Å²) < 4.78 is 6.36. The zero-order valence-corrected chi connectivity index (χ0v) is 22.3. The van der Waals surface area contributed by atoms with E-state index in [9.17, 15) is 0 Å². The number of hydrogen-bond acceptors (Lipinski definition) is 4. The molecule has 2 aromatic rings. The Kier molecular flexibility index (Phi) is 9.24. The highest BCUT2D eigenvalue weighted by atomic mass is 16.5. The van der Waals surface area contributed by atoms with Crippen molar-refractivity contribution < 1.29 is 4.74 Å². The third-order valence-corrected chi connectivity index (χ3v) is 7.20. The lowest BCUT2D eigenvalue weighted by molar-refractivity contribution is 0.0883.